The summed E-state index contributed by atoms with van der Waals surface area (Å²) in [6, 6.07) is 5.52. The van der Waals surface area contributed by atoms with Crippen molar-refractivity contribution in [1.82, 2.24) is 4.98 Å². The predicted octanol–water partition coefficient (Wildman–Crippen LogP) is 5.49. The fourth-order valence-electron chi connectivity index (χ4n) is 2.24. The maximum absolute atomic E-state index is 8.64. The molecule has 0 aromatic carbocycles. The lowest BCUT2D eigenvalue weighted by molar-refractivity contribution is 0.385. The zero-order valence-electron chi connectivity index (χ0n) is 13.0. The van der Waals surface area contributed by atoms with Crippen molar-refractivity contribution < 1.29 is 0 Å². The van der Waals surface area contributed by atoms with Crippen molar-refractivity contribution in [3.63, 3.8) is 0 Å². The molecule has 0 spiro atoms. The third-order valence-corrected chi connectivity index (χ3v) is 3.92. The Bertz CT molecular complexity index is 463. The second-order valence-corrected chi connectivity index (χ2v) is 7.00. The highest BCUT2D eigenvalue weighted by molar-refractivity contribution is 6.30. The standard InChI is InChI=1S/C10H11ClN2.C7H14/c1-10(2,3)8-5-4-7(6-12)9(11)13-8;1-7-5-3-2-4-6-7/h4-5H,1-3H3;7H,2-6H2,1H3. The van der Waals surface area contributed by atoms with Crippen LogP contribution in [0.2, 0.25) is 5.15 Å². The Balaban J connectivity index is 0.000000240. The van der Waals surface area contributed by atoms with Gasteiger partial charge in [-0.25, -0.2) is 4.98 Å². The van der Waals surface area contributed by atoms with Gasteiger partial charge in [0.1, 0.15) is 11.2 Å². The number of aromatic nitrogens is 1. The zero-order chi connectivity index (χ0) is 15.2. The summed E-state index contributed by atoms with van der Waals surface area (Å²) in [7, 11) is 0. The quantitative estimate of drug-likeness (QED) is 0.593. The van der Waals surface area contributed by atoms with E-state index >= 15 is 0 Å². The van der Waals surface area contributed by atoms with Crippen molar-refractivity contribution in [2.24, 2.45) is 5.92 Å². The van der Waals surface area contributed by atoms with Gasteiger partial charge < -0.3 is 0 Å². The molecule has 1 heterocycles. The summed E-state index contributed by atoms with van der Waals surface area (Å²) in [5.41, 5.74) is 1.30. The van der Waals surface area contributed by atoms with Gasteiger partial charge in [0.05, 0.1) is 5.56 Å². The lowest BCUT2D eigenvalue weighted by atomic mass is 9.91. The van der Waals surface area contributed by atoms with Gasteiger partial charge in [-0.05, 0) is 18.1 Å². The maximum atomic E-state index is 8.64. The van der Waals surface area contributed by atoms with E-state index in [1.54, 1.807) is 6.07 Å². The Kier molecular flexibility index (Phi) is 6.49. The molecule has 1 aliphatic carbocycles. The van der Waals surface area contributed by atoms with Gasteiger partial charge in [0, 0.05) is 11.1 Å². The van der Waals surface area contributed by atoms with Crippen molar-refractivity contribution in [2.75, 3.05) is 0 Å². The van der Waals surface area contributed by atoms with Crippen LogP contribution in [0.3, 0.4) is 0 Å². The van der Waals surface area contributed by atoms with E-state index in [0.717, 1.165) is 11.6 Å². The summed E-state index contributed by atoms with van der Waals surface area (Å²) in [6.45, 7) is 8.52. The van der Waals surface area contributed by atoms with Crippen molar-refractivity contribution in [1.29, 1.82) is 5.26 Å². The number of hydrogen-bond acceptors (Lipinski definition) is 2. The van der Waals surface area contributed by atoms with Crippen LogP contribution >= 0.6 is 11.6 Å². The Labute approximate surface area is 128 Å². The first-order chi connectivity index (χ1) is 9.34. The summed E-state index contributed by atoms with van der Waals surface area (Å²) < 4.78 is 0. The topological polar surface area (TPSA) is 36.7 Å². The minimum Gasteiger partial charge on any atom is -0.239 e. The molecule has 0 bridgehead atoms. The highest BCUT2D eigenvalue weighted by atomic mass is 35.5. The van der Waals surface area contributed by atoms with Crippen LogP contribution in [0.4, 0.5) is 0 Å². The van der Waals surface area contributed by atoms with Crippen LogP contribution in [0.15, 0.2) is 12.1 Å². The van der Waals surface area contributed by atoms with E-state index in [-0.39, 0.29) is 10.6 Å². The molecule has 20 heavy (non-hydrogen) atoms. The number of pyridine rings is 1. The average Bonchev–Trinajstić information content (AvgIpc) is 2.39. The van der Waals surface area contributed by atoms with E-state index in [9.17, 15) is 0 Å². The molecular formula is C17H25ClN2. The first-order valence-electron chi connectivity index (χ1n) is 7.41. The predicted molar refractivity (Wildman–Crippen MR) is 84.9 cm³/mol. The number of rotatable bonds is 0. The molecule has 0 amide bonds. The number of nitriles is 1. The molecule has 1 saturated carbocycles. The minimum absolute atomic E-state index is 0.0301. The molecule has 1 fully saturated rings. The van der Waals surface area contributed by atoms with Gasteiger partial charge in [0.2, 0.25) is 0 Å². The Morgan fingerprint density at radius 2 is 1.80 bits per heavy atom. The summed E-state index contributed by atoms with van der Waals surface area (Å²) in [6.07, 6.45) is 7.44. The molecule has 1 aliphatic rings. The smallest absolute Gasteiger partial charge is 0.147 e. The van der Waals surface area contributed by atoms with Crippen LogP contribution in [0.25, 0.3) is 0 Å². The van der Waals surface area contributed by atoms with E-state index in [2.05, 4.69) is 32.7 Å². The number of halogens is 1. The van der Waals surface area contributed by atoms with Gasteiger partial charge in [-0.1, -0.05) is 71.4 Å². The number of nitrogens with zero attached hydrogens (tertiary/aromatic N) is 2. The summed E-state index contributed by atoms with van der Waals surface area (Å²) in [4.78, 5) is 4.16. The van der Waals surface area contributed by atoms with Crippen LogP contribution in [0.5, 0.6) is 0 Å². The fourth-order valence-corrected chi connectivity index (χ4v) is 2.44. The lowest BCUT2D eigenvalue weighted by Gasteiger charge is -2.17. The minimum atomic E-state index is -0.0301. The summed E-state index contributed by atoms with van der Waals surface area (Å²) in [5.74, 6) is 1.04. The highest BCUT2D eigenvalue weighted by Crippen LogP contribution is 2.23. The molecule has 0 radical (unpaired) electrons. The van der Waals surface area contributed by atoms with Gasteiger partial charge in [0.15, 0.2) is 0 Å². The second-order valence-electron chi connectivity index (χ2n) is 6.64. The van der Waals surface area contributed by atoms with Crippen molar-refractivity contribution in [2.45, 2.75) is 65.2 Å². The van der Waals surface area contributed by atoms with E-state index in [0.29, 0.717) is 5.56 Å². The van der Waals surface area contributed by atoms with E-state index in [1.807, 2.05) is 12.1 Å². The third-order valence-electron chi connectivity index (χ3n) is 3.63. The van der Waals surface area contributed by atoms with Crippen molar-refractivity contribution >= 4 is 11.6 Å². The van der Waals surface area contributed by atoms with E-state index in [1.165, 1.54) is 32.1 Å². The van der Waals surface area contributed by atoms with Crippen LogP contribution in [-0.4, -0.2) is 4.98 Å². The SMILES string of the molecule is CC(C)(C)c1ccc(C#N)c(Cl)n1.CC1CCCCC1. The molecule has 2 rings (SSSR count). The largest absolute Gasteiger partial charge is 0.239 e. The van der Waals surface area contributed by atoms with Crippen LogP contribution in [-0.2, 0) is 5.41 Å². The first kappa shape index (κ1) is 17.0. The van der Waals surface area contributed by atoms with Crippen LogP contribution in [0, 0.1) is 17.2 Å². The first-order valence-corrected chi connectivity index (χ1v) is 7.79. The van der Waals surface area contributed by atoms with Gasteiger partial charge >= 0.3 is 0 Å². The van der Waals surface area contributed by atoms with Crippen LogP contribution in [0.1, 0.15) is 71.1 Å². The van der Waals surface area contributed by atoms with Gasteiger partial charge in [-0.3, -0.25) is 0 Å². The highest BCUT2D eigenvalue weighted by Gasteiger charge is 2.16. The van der Waals surface area contributed by atoms with Crippen molar-refractivity contribution in [3.05, 3.63) is 28.5 Å². The van der Waals surface area contributed by atoms with Gasteiger partial charge in [0.25, 0.3) is 0 Å². The molecule has 1 aromatic rings. The second kappa shape index (κ2) is 7.64. The molecule has 0 N–H and O–H groups in total. The van der Waals surface area contributed by atoms with Gasteiger partial charge in [-0.2, -0.15) is 5.26 Å². The van der Waals surface area contributed by atoms with Gasteiger partial charge in [-0.15, -0.1) is 0 Å². The molecule has 0 aliphatic heterocycles. The summed E-state index contributed by atoms with van der Waals surface area (Å²) in [5, 5.41) is 8.92. The Hall–Kier alpha value is -1.07. The lowest BCUT2D eigenvalue weighted by Crippen LogP contribution is -2.13. The molecule has 0 saturated heterocycles. The molecule has 110 valence electrons. The Morgan fingerprint density at radius 1 is 1.20 bits per heavy atom. The summed E-state index contributed by atoms with van der Waals surface area (Å²) >= 11 is 5.80. The fraction of sp³-hybridized carbons (Fsp3) is 0.647. The molecule has 2 nitrogen and oxygen atoms in total. The van der Waals surface area contributed by atoms with Crippen LogP contribution < -0.4 is 0 Å². The normalized spacial score (nSPS) is 16.0. The molecule has 0 unspecified atom stereocenters. The number of hydrogen-bond donors (Lipinski definition) is 0. The molecule has 0 atom stereocenters. The molecule has 3 heteroatoms. The monoisotopic (exact) mass is 292 g/mol. The molecular weight excluding hydrogens is 268 g/mol. The van der Waals surface area contributed by atoms with E-state index in [4.69, 9.17) is 16.9 Å². The van der Waals surface area contributed by atoms with Crippen molar-refractivity contribution in [3.8, 4) is 6.07 Å². The average molecular weight is 293 g/mol. The third kappa shape index (κ3) is 5.51. The maximum Gasteiger partial charge on any atom is 0.147 e. The van der Waals surface area contributed by atoms with E-state index < -0.39 is 0 Å². The Morgan fingerprint density at radius 3 is 2.15 bits per heavy atom. The zero-order valence-corrected chi connectivity index (χ0v) is 13.8. The molecule has 1 aromatic heterocycles.